The van der Waals surface area contributed by atoms with Crippen LogP contribution in [0.3, 0.4) is 0 Å². The highest BCUT2D eigenvalue weighted by Gasteiger charge is 2.39. The van der Waals surface area contributed by atoms with Gasteiger partial charge in [-0.2, -0.15) is 0 Å². The van der Waals surface area contributed by atoms with Crippen molar-refractivity contribution in [2.75, 3.05) is 18.4 Å². The largest absolute Gasteiger partial charge is 0.339 e. The van der Waals surface area contributed by atoms with Gasteiger partial charge in [0.05, 0.1) is 0 Å². The third-order valence-electron chi connectivity index (χ3n) is 4.65. The molecule has 5 heteroatoms. The number of nitrogens with one attached hydrogen (secondary N) is 1. The molecule has 1 saturated heterocycles. The number of anilines is 1. The molecule has 1 aliphatic carbocycles. The van der Waals surface area contributed by atoms with Crippen molar-refractivity contribution in [3.05, 3.63) is 29.8 Å². The lowest BCUT2D eigenvalue weighted by Gasteiger charge is -2.30. The zero-order valence-electron chi connectivity index (χ0n) is 12.9. The summed E-state index contributed by atoms with van der Waals surface area (Å²) in [7, 11) is 0. The molecule has 1 heterocycles. The number of amides is 2. The Hall–Kier alpha value is -1.88. The van der Waals surface area contributed by atoms with Gasteiger partial charge in [-0.25, -0.2) is 0 Å². The van der Waals surface area contributed by atoms with Gasteiger partial charge in [0.2, 0.25) is 5.91 Å². The number of rotatable bonds is 3. The van der Waals surface area contributed by atoms with Crippen LogP contribution in [-0.2, 0) is 4.79 Å². The number of nitrogens with zero attached hydrogens (tertiary/aromatic N) is 1. The van der Waals surface area contributed by atoms with E-state index < -0.39 is 0 Å². The number of benzene rings is 1. The maximum atomic E-state index is 12.5. The summed E-state index contributed by atoms with van der Waals surface area (Å²) >= 11 is 0. The van der Waals surface area contributed by atoms with E-state index in [0.29, 0.717) is 30.3 Å². The Morgan fingerprint density at radius 3 is 2.59 bits per heavy atom. The summed E-state index contributed by atoms with van der Waals surface area (Å²) in [6, 6.07) is 7.41. The normalized spacial score (nSPS) is 24.9. The molecule has 0 radical (unpaired) electrons. The molecule has 1 aromatic rings. The van der Waals surface area contributed by atoms with Crippen LogP contribution in [-0.4, -0.2) is 35.8 Å². The minimum Gasteiger partial charge on any atom is -0.339 e. The van der Waals surface area contributed by atoms with Gasteiger partial charge in [-0.15, -0.1) is 0 Å². The predicted octanol–water partition coefficient (Wildman–Crippen LogP) is 1.84. The van der Waals surface area contributed by atoms with Crippen molar-refractivity contribution >= 4 is 17.5 Å². The quantitative estimate of drug-likeness (QED) is 0.894. The van der Waals surface area contributed by atoms with Crippen LogP contribution in [0.5, 0.6) is 0 Å². The number of carbonyl (C=O) groups is 2. The van der Waals surface area contributed by atoms with Gasteiger partial charge >= 0.3 is 0 Å². The second-order valence-corrected chi connectivity index (χ2v) is 6.52. The molecule has 0 spiro atoms. The lowest BCUT2D eigenvalue weighted by Crippen LogP contribution is -2.42. The smallest absolute Gasteiger partial charge is 0.253 e. The topological polar surface area (TPSA) is 75.4 Å². The number of piperidine rings is 1. The molecule has 5 nitrogen and oxygen atoms in total. The van der Waals surface area contributed by atoms with Crippen LogP contribution in [0, 0.1) is 11.8 Å². The van der Waals surface area contributed by atoms with Crippen LogP contribution in [0.1, 0.15) is 36.5 Å². The first-order valence-corrected chi connectivity index (χ1v) is 8.00. The number of nitrogens with two attached hydrogens (primary N) is 1. The molecule has 118 valence electrons. The predicted molar refractivity (Wildman–Crippen MR) is 85.5 cm³/mol. The molecule has 0 aromatic heterocycles. The SMILES string of the molecule is CC1CC1C(=O)Nc1cccc(C(=O)N2CCC(N)CC2)c1. The van der Waals surface area contributed by atoms with Crippen molar-refractivity contribution in [2.45, 2.75) is 32.2 Å². The summed E-state index contributed by atoms with van der Waals surface area (Å²) < 4.78 is 0. The van der Waals surface area contributed by atoms with E-state index in [9.17, 15) is 9.59 Å². The monoisotopic (exact) mass is 301 g/mol. The first kappa shape index (κ1) is 15.0. The van der Waals surface area contributed by atoms with Gasteiger partial charge in [-0.3, -0.25) is 9.59 Å². The van der Waals surface area contributed by atoms with Crippen LogP contribution in [0.2, 0.25) is 0 Å². The highest BCUT2D eigenvalue weighted by Crippen LogP contribution is 2.38. The summed E-state index contributed by atoms with van der Waals surface area (Å²) in [4.78, 5) is 26.3. The van der Waals surface area contributed by atoms with Crippen molar-refractivity contribution in [1.82, 2.24) is 4.90 Å². The molecule has 3 N–H and O–H groups in total. The molecule has 2 unspecified atom stereocenters. The second-order valence-electron chi connectivity index (χ2n) is 6.52. The van der Waals surface area contributed by atoms with Crippen LogP contribution in [0.25, 0.3) is 0 Å². The molecule has 2 atom stereocenters. The molecule has 3 rings (SSSR count). The van der Waals surface area contributed by atoms with E-state index >= 15 is 0 Å². The molecule has 2 aliphatic rings. The maximum Gasteiger partial charge on any atom is 0.253 e. The Bertz CT molecular complexity index is 579. The minimum atomic E-state index is 0.0165. The first-order chi connectivity index (χ1) is 10.5. The lowest BCUT2D eigenvalue weighted by molar-refractivity contribution is -0.117. The Balaban J connectivity index is 1.65. The van der Waals surface area contributed by atoms with Crippen molar-refractivity contribution in [3.63, 3.8) is 0 Å². The number of hydrogen-bond donors (Lipinski definition) is 2. The van der Waals surface area contributed by atoms with Crippen LogP contribution < -0.4 is 11.1 Å². The highest BCUT2D eigenvalue weighted by atomic mass is 16.2. The zero-order chi connectivity index (χ0) is 15.7. The molecule has 1 saturated carbocycles. The van der Waals surface area contributed by atoms with E-state index in [1.54, 1.807) is 12.1 Å². The average molecular weight is 301 g/mol. The maximum absolute atomic E-state index is 12.5. The standard InChI is InChI=1S/C17H23N3O2/c1-11-9-15(11)16(21)19-14-4-2-3-12(10-14)17(22)20-7-5-13(18)6-8-20/h2-4,10-11,13,15H,5-9,18H2,1H3,(H,19,21). The lowest BCUT2D eigenvalue weighted by atomic mass is 10.0. The van der Waals surface area contributed by atoms with Crippen molar-refractivity contribution in [2.24, 2.45) is 17.6 Å². The third kappa shape index (κ3) is 3.30. The Morgan fingerprint density at radius 2 is 1.95 bits per heavy atom. The molecule has 22 heavy (non-hydrogen) atoms. The number of hydrogen-bond acceptors (Lipinski definition) is 3. The summed E-state index contributed by atoms with van der Waals surface area (Å²) in [5.74, 6) is 0.675. The molecule has 1 aliphatic heterocycles. The van der Waals surface area contributed by atoms with Gasteiger partial charge in [0.25, 0.3) is 5.91 Å². The van der Waals surface area contributed by atoms with Crippen molar-refractivity contribution < 1.29 is 9.59 Å². The van der Waals surface area contributed by atoms with Crippen molar-refractivity contribution in [3.8, 4) is 0 Å². The van der Waals surface area contributed by atoms with Crippen molar-refractivity contribution in [1.29, 1.82) is 0 Å². The van der Waals surface area contributed by atoms with Gasteiger partial charge < -0.3 is 16.0 Å². The van der Waals surface area contributed by atoms with E-state index in [4.69, 9.17) is 5.73 Å². The first-order valence-electron chi connectivity index (χ1n) is 8.00. The summed E-state index contributed by atoms with van der Waals surface area (Å²) in [5, 5.41) is 2.91. The molecule has 1 aromatic carbocycles. The molecular formula is C17H23N3O2. The highest BCUT2D eigenvalue weighted by molar-refractivity contribution is 5.98. The number of carbonyl (C=O) groups excluding carboxylic acids is 2. The molecular weight excluding hydrogens is 278 g/mol. The molecule has 0 bridgehead atoms. The fraction of sp³-hybridized carbons (Fsp3) is 0.529. The Labute approximate surface area is 130 Å². The van der Waals surface area contributed by atoms with E-state index in [-0.39, 0.29) is 23.8 Å². The van der Waals surface area contributed by atoms with E-state index in [2.05, 4.69) is 12.2 Å². The summed E-state index contributed by atoms with van der Waals surface area (Å²) in [6.45, 7) is 3.48. The van der Waals surface area contributed by atoms with E-state index in [1.807, 2.05) is 17.0 Å². The Kier molecular flexibility index (Phi) is 4.16. The van der Waals surface area contributed by atoms with Crippen LogP contribution >= 0.6 is 0 Å². The van der Waals surface area contributed by atoms with E-state index in [1.165, 1.54) is 0 Å². The summed E-state index contributed by atoms with van der Waals surface area (Å²) in [5.41, 5.74) is 7.19. The minimum absolute atomic E-state index is 0.0165. The third-order valence-corrected chi connectivity index (χ3v) is 4.65. The Morgan fingerprint density at radius 1 is 1.27 bits per heavy atom. The van der Waals surface area contributed by atoms with Crippen LogP contribution in [0.15, 0.2) is 24.3 Å². The fourth-order valence-corrected chi connectivity index (χ4v) is 2.94. The zero-order valence-corrected chi connectivity index (χ0v) is 12.9. The second kappa shape index (κ2) is 6.08. The molecule has 2 amide bonds. The van der Waals surface area contributed by atoms with Gasteiger partial charge in [0.1, 0.15) is 0 Å². The van der Waals surface area contributed by atoms with Crippen LogP contribution in [0.4, 0.5) is 5.69 Å². The number of likely N-dealkylation sites (tertiary alicyclic amines) is 1. The van der Waals surface area contributed by atoms with Gasteiger partial charge in [0.15, 0.2) is 0 Å². The summed E-state index contributed by atoms with van der Waals surface area (Å²) in [6.07, 6.45) is 2.65. The average Bonchev–Trinajstić information content (AvgIpc) is 3.25. The molecule has 2 fully saturated rings. The van der Waals surface area contributed by atoms with Gasteiger partial charge in [-0.1, -0.05) is 13.0 Å². The van der Waals surface area contributed by atoms with Gasteiger partial charge in [-0.05, 0) is 43.4 Å². The van der Waals surface area contributed by atoms with E-state index in [0.717, 1.165) is 19.3 Å². The van der Waals surface area contributed by atoms with Gasteiger partial charge in [0, 0.05) is 36.3 Å². The fourth-order valence-electron chi connectivity index (χ4n) is 2.94.